The van der Waals surface area contributed by atoms with E-state index >= 15 is 0 Å². The molecule has 0 spiro atoms. The lowest BCUT2D eigenvalue weighted by molar-refractivity contribution is 0.0995. The van der Waals surface area contributed by atoms with Gasteiger partial charge in [-0.15, -0.1) is 0 Å². The number of rotatable bonds is 3. The molecule has 0 saturated carbocycles. The number of nitrogens with zero attached hydrogens (tertiary/aromatic N) is 2. The first kappa shape index (κ1) is 10.9. The lowest BCUT2D eigenvalue weighted by Crippen LogP contribution is -2.24. The molecule has 2 heterocycles. The van der Waals surface area contributed by atoms with E-state index < -0.39 is 5.91 Å². The number of amides is 1. The lowest BCUT2D eigenvalue weighted by Gasteiger charge is -2.17. The van der Waals surface area contributed by atoms with Gasteiger partial charge in [0.2, 0.25) is 0 Å². The van der Waals surface area contributed by atoms with Gasteiger partial charge in [0.25, 0.3) is 5.91 Å². The average molecular weight is 220 g/mol. The molecule has 4 N–H and O–H groups in total. The molecule has 1 atom stereocenters. The first-order chi connectivity index (χ1) is 7.70. The van der Waals surface area contributed by atoms with Crippen molar-refractivity contribution in [2.45, 2.75) is 6.42 Å². The second kappa shape index (κ2) is 4.49. The fourth-order valence-electron chi connectivity index (χ4n) is 1.97. The van der Waals surface area contributed by atoms with Crippen LogP contribution < -0.4 is 16.4 Å². The maximum absolute atomic E-state index is 11.0. The second-order valence-electron chi connectivity index (χ2n) is 4.08. The summed E-state index contributed by atoms with van der Waals surface area (Å²) in [7, 11) is 0. The quantitative estimate of drug-likeness (QED) is 0.748. The monoisotopic (exact) mass is 220 g/mol. The van der Waals surface area contributed by atoms with Crippen LogP contribution in [0.1, 0.15) is 16.9 Å². The van der Waals surface area contributed by atoms with Crippen LogP contribution in [0.3, 0.4) is 0 Å². The number of carbonyl (C=O) groups is 1. The summed E-state index contributed by atoms with van der Waals surface area (Å²) in [5.41, 5.74) is 11.1. The molecular weight excluding hydrogens is 204 g/mol. The minimum Gasteiger partial charge on any atom is -0.364 e. The van der Waals surface area contributed by atoms with Gasteiger partial charge >= 0.3 is 0 Å². The van der Waals surface area contributed by atoms with Gasteiger partial charge in [-0.2, -0.15) is 0 Å². The van der Waals surface area contributed by atoms with E-state index in [-0.39, 0.29) is 0 Å². The minimum atomic E-state index is -0.489. The molecular formula is C11H16N4O. The number of hydrogen-bond donors (Lipinski definition) is 2. The summed E-state index contributed by atoms with van der Waals surface area (Å²) >= 11 is 0. The van der Waals surface area contributed by atoms with Gasteiger partial charge in [-0.1, -0.05) is 6.07 Å². The van der Waals surface area contributed by atoms with Gasteiger partial charge in [0.15, 0.2) is 0 Å². The predicted molar refractivity (Wildman–Crippen MR) is 62.1 cm³/mol. The van der Waals surface area contributed by atoms with Crippen LogP contribution in [-0.4, -0.2) is 30.5 Å². The van der Waals surface area contributed by atoms with Crippen molar-refractivity contribution in [1.82, 2.24) is 4.98 Å². The van der Waals surface area contributed by atoms with Crippen LogP contribution in [0.2, 0.25) is 0 Å². The maximum atomic E-state index is 11.0. The van der Waals surface area contributed by atoms with Gasteiger partial charge in [0, 0.05) is 13.1 Å². The second-order valence-corrected chi connectivity index (χ2v) is 4.08. The Bertz CT molecular complexity index is 393. The van der Waals surface area contributed by atoms with E-state index in [9.17, 15) is 4.79 Å². The van der Waals surface area contributed by atoms with Crippen molar-refractivity contribution < 1.29 is 4.79 Å². The molecule has 1 saturated heterocycles. The number of anilines is 1. The smallest absolute Gasteiger partial charge is 0.267 e. The van der Waals surface area contributed by atoms with Crippen LogP contribution in [-0.2, 0) is 0 Å². The Morgan fingerprint density at radius 1 is 1.56 bits per heavy atom. The van der Waals surface area contributed by atoms with Gasteiger partial charge in [0.1, 0.15) is 11.5 Å². The molecule has 1 unspecified atom stereocenters. The summed E-state index contributed by atoms with van der Waals surface area (Å²) in [5.74, 6) is 0.850. The van der Waals surface area contributed by atoms with E-state index in [0.717, 1.165) is 25.3 Å². The lowest BCUT2D eigenvalue weighted by atomic mass is 10.1. The van der Waals surface area contributed by atoms with Crippen LogP contribution in [0.25, 0.3) is 0 Å². The zero-order valence-electron chi connectivity index (χ0n) is 9.10. The van der Waals surface area contributed by atoms with Crippen LogP contribution in [0.5, 0.6) is 0 Å². The van der Waals surface area contributed by atoms with Crippen LogP contribution in [0.4, 0.5) is 5.82 Å². The van der Waals surface area contributed by atoms with Crippen molar-refractivity contribution in [3.8, 4) is 0 Å². The molecule has 1 aliphatic heterocycles. The Balaban J connectivity index is 2.15. The molecule has 0 aliphatic carbocycles. The normalized spacial score (nSPS) is 20.1. The Labute approximate surface area is 94.4 Å². The molecule has 0 bridgehead atoms. The number of aromatic nitrogens is 1. The molecule has 5 nitrogen and oxygen atoms in total. The Morgan fingerprint density at radius 2 is 2.38 bits per heavy atom. The highest BCUT2D eigenvalue weighted by Gasteiger charge is 2.22. The first-order valence-electron chi connectivity index (χ1n) is 5.42. The molecule has 1 aromatic heterocycles. The Hall–Kier alpha value is -1.62. The Kier molecular flexibility index (Phi) is 3.05. The minimum absolute atomic E-state index is 0.314. The zero-order valence-corrected chi connectivity index (χ0v) is 9.10. The summed E-state index contributed by atoms with van der Waals surface area (Å²) in [6.45, 7) is 2.55. The van der Waals surface area contributed by atoms with Crippen molar-refractivity contribution in [2.75, 3.05) is 24.5 Å². The van der Waals surface area contributed by atoms with Crippen molar-refractivity contribution in [2.24, 2.45) is 17.4 Å². The number of hydrogen-bond acceptors (Lipinski definition) is 4. The summed E-state index contributed by atoms with van der Waals surface area (Å²) in [5, 5.41) is 0. The highest BCUT2D eigenvalue weighted by atomic mass is 16.1. The molecule has 5 heteroatoms. The van der Waals surface area contributed by atoms with Gasteiger partial charge in [0.05, 0.1) is 0 Å². The standard InChI is InChI=1S/C11H16N4O/c12-6-8-4-5-15(7-8)10-3-1-2-9(14-10)11(13)16/h1-3,8H,4-7,12H2,(H2,13,16). The third-order valence-corrected chi connectivity index (χ3v) is 2.93. The fraction of sp³-hybridized carbons (Fsp3) is 0.455. The molecule has 86 valence electrons. The number of carbonyl (C=O) groups excluding carboxylic acids is 1. The van der Waals surface area contributed by atoms with Crippen LogP contribution in [0.15, 0.2) is 18.2 Å². The highest BCUT2D eigenvalue weighted by Crippen LogP contribution is 2.21. The van der Waals surface area contributed by atoms with E-state index in [1.807, 2.05) is 6.07 Å². The molecule has 0 aromatic carbocycles. The Morgan fingerprint density at radius 3 is 3.00 bits per heavy atom. The molecule has 1 aliphatic rings. The van der Waals surface area contributed by atoms with E-state index in [2.05, 4.69) is 9.88 Å². The van der Waals surface area contributed by atoms with E-state index in [1.165, 1.54) is 0 Å². The van der Waals surface area contributed by atoms with Gasteiger partial charge in [-0.25, -0.2) is 4.98 Å². The molecule has 1 fully saturated rings. The third-order valence-electron chi connectivity index (χ3n) is 2.93. The number of nitrogens with two attached hydrogens (primary N) is 2. The largest absolute Gasteiger partial charge is 0.364 e. The van der Waals surface area contributed by atoms with Crippen LogP contribution in [0, 0.1) is 5.92 Å². The molecule has 2 rings (SSSR count). The average Bonchev–Trinajstić information content (AvgIpc) is 2.77. The molecule has 1 amide bonds. The van der Waals surface area contributed by atoms with E-state index in [1.54, 1.807) is 12.1 Å². The van der Waals surface area contributed by atoms with Crippen LogP contribution >= 0.6 is 0 Å². The molecule has 1 aromatic rings. The number of pyridine rings is 1. The van der Waals surface area contributed by atoms with Crippen molar-refractivity contribution in [1.29, 1.82) is 0 Å². The summed E-state index contributed by atoms with van der Waals surface area (Å²) < 4.78 is 0. The van der Waals surface area contributed by atoms with E-state index in [4.69, 9.17) is 11.5 Å². The topological polar surface area (TPSA) is 85.2 Å². The predicted octanol–water partition coefficient (Wildman–Crippen LogP) is -0.0345. The SMILES string of the molecule is NCC1CCN(c2cccc(C(N)=O)n2)C1. The molecule has 0 radical (unpaired) electrons. The van der Waals surface area contributed by atoms with E-state index in [0.29, 0.717) is 18.2 Å². The van der Waals surface area contributed by atoms with Gasteiger partial charge in [-0.05, 0) is 31.0 Å². The highest BCUT2D eigenvalue weighted by molar-refractivity contribution is 5.91. The summed E-state index contributed by atoms with van der Waals surface area (Å²) in [6.07, 6.45) is 1.08. The van der Waals surface area contributed by atoms with Crippen molar-refractivity contribution in [3.05, 3.63) is 23.9 Å². The van der Waals surface area contributed by atoms with Gasteiger partial charge in [-0.3, -0.25) is 4.79 Å². The first-order valence-corrected chi connectivity index (χ1v) is 5.42. The molecule has 16 heavy (non-hydrogen) atoms. The zero-order chi connectivity index (χ0) is 11.5. The van der Waals surface area contributed by atoms with Gasteiger partial charge < -0.3 is 16.4 Å². The maximum Gasteiger partial charge on any atom is 0.267 e. The fourth-order valence-corrected chi connectivity index (χ4v) is 1.97. The summed E-state index contributed by atoms with van der Waals surface area (Å²) in [6, 6.07) is 5.33. The number of primary amides is 1. The van der Waals surface area contributed by atoms with Crippen molar-refractivity contribution >= 4 is 11.7 Å². The van der Waals surface area contributed by atoms with Crippen molar-refractivity contribution in [3.63, 3.8) is 0 Å². The summed E-state index contributed by atoms with van der Waals surface area (Å²) in [4.78, 5) is 17.4. The third kappa shape index (κ3) is 2.14.